The van der Waals surface area contributed by atoms with E-state index in [1.165, 1.54) is 44.9 Å². The average molecular weight is 499 g/mol. The van der Waals surface area contributed by atoms with E-state index in [4.69, 9.17) is 16.3 Å². The number of ether oxygens (including phenoxy) is 1. The number of rotatable bonds is 7. The first-order valence-electron chi connectivity index (χ1n) is 13.8. The minimum Gasteiger partial charge on any atom is -0.381 e. The lowest BCUT2D eigenvalue weighted by molar-refractivity contribution is -0.160. The van der Waals surface area contributed by atoms with Gasteiger partial charge in [-0.25, -0.2) is 8.42 Å². The van der Waals surface area contributed by atoms with Gasteiger partial charge in [0.15, 0.2) is 9.84 Å². The second-order valence-electron chi connectivity index (χ2n) is 13.7. The molecule has 0 radical (unpaired) electrons. The van der Waals surface area contributed by atoms with E-state index in [1.807, 2.05) is 7.11 Å². The molecule has 0 aromatic heterocycles. The van der Waals surface area contributed by atoms with Crippen LogP contribution in [0.5, 0.6) is 0 Å². The molecule has 0 saturated heterocycles. The Hall–Kier alpha value is 0.200. The molecule has 0 aromatic carbocycles. The Morgan fingerprint density at radius 2 is 1.76 bits per heavy atom. The molecule has 5 heteroatoms. The number of halogens is 1. The van der Waals surface area contributed by atoms with Crippen LogP contribution in [0.3, 0.4) is 0 Å². The van der Waals surface area contributed by atoms with Crippen LogP contribution in [0.2, 0.25) is 0 Å². The fourth-order valence-electron chi connectivity index (χ4n) is 10.5. The van der Waals surface area contributed by atoms with Crippen LogP contribution in [-0.2, 0) is 14.6 Å². The molecule has 0 heterocycles. The molecule has 3 nitrogen and oxygen atoms in total. The number of hydrogen-bond donors (Lipinski definition) is 0. The Bertz CT molecular complexity index is 872. The average Bonchev–Trinajstić information content (AvgIpc) is 3.27. The van der Waals surface area contributed by atoms with Crippen molar-refractivity contribution in [1.82, 2.24) is 0 Å². The van der Waals surface area contributed by atoms with Gasteiger partial charge >= 0.3 is 0 Å². The van der Waals surface area contributed by atoms with Crippen molar-refractivity contribution in [2.24, 2.45) is 57.7 Å². The van der Waals surface area contributed by atoms with E-state index >= 15 is 0 Å². The van der Waals surface area contributed by atoms with Crippen molar-refractivity contribution >= 4 is 21.4 Å². The number of fused-ring (bicyclic) bond motifs is 4. The predicted molar refractivity (Wildman–Crippen MR) is 136 cm³/mol. The van der Waals surface area contributed by atoms with E-state index in [2.05, 4.69) is 34.6 Å². The molecule has 0 amide bonds. The molecular weight excluding hydrogens is 452 g/mol. The monoisotopic (exact) mass is 498 g/mol. The molecule has 5 aliphatic rings. The summed E-state index contributed by atoms with van der Waals surface area (Å²) < 4.78 is 31.6. The van der Waals surface area contributed by atoms with Gasteiger partial charge in [-0.15, -0.1) is 11.6 Å². The summed E-state index contributed by atoms with van der Waals surface area (Å²) in [6.07, 6.45) is 11.5. The Kier molecular flexibility index (Phi) is 6.11. The van der Waals surface area contributed by atoms with Gasteiger partial charge < -0.3 is 4.74 Å². The lowest BCUT2D eigenvalue weighted by atomic mass is 9.45. The summed E-state index contributed by atoms with van der Waals surface area (Å²) in [6.45, 7) is 11.4. The predicted octanol–water partition coefficient (Wildman–Crippen LogP) is 6.93. The second-order valence-corrected chi connectivity index (χ2v) is 16.7. The van der Waals surface area contributed by atoms with Crippen molar-refractivity contribution in [3.05, 3.63) is 0 Å². The zero-order chi connectivity index (χ0) is 24.0. The minimum atomic E-state index is -3.27. The highest BCUT2D eigenvalue weighted by molar-refractivity contribution is 7.93. The molecule has 5 rings (SSSR count). The van der Waals surface area contributed by atoms with Crippen LogP contribution < -0.4 is 0 Å². The van der Waals surface area contributed by atoms with E-state index < -0.39 is 14.5 Å². The first-order chi connectivity index (χ1) is 15.4. The molecule has 5 fully saturated rings. The van der Waals surface area contributed by atoms with Crippen LogP contribution in [0.25, 0.3) is 0 Å². The third kappa shape index (κ3) is 3.38. The second kappa shape index (κ2) is 8.10. The summed E-state index contributed by atoms with van der Waals surface area (Å²) in [5, 5.41) is 0. The Labute approximate surface area is 208 Å². The quantitative estimate of drug-likeness (QED) is 0.357. The van der Waals surface area contributed by atoms with E-state index in [-0.39, 0.29) is 17.1 Å². The van der Waals surface area contributed by atoms with Gasteiger partial charge in [0.05, 0.1) is 11.9 Å². The third-order valence-corrected chi connectivity index (χ3v) is 15.4. The highest BCUT2D eigenvalue weighted by atomic mass is 35.5. The number of sulfone groups is 1. The molecule has 0 aromatic rings. The van der Waals surface area contributed by atoms with Gasteiger partial charge in [0, 0.05) is 12.5 Å². The maximum Gasteiger partial charge on any atom is 0.167 e. The van der Waals surface area contributed by atoms with Crippen LogP contribution in [0.1, 0.15) is 92.4 Å². The molecule has 5 saturated carbocycles. The van der Waals surface area contributed by atoms with Crippen LogP contribution in [0.15, 0.2) is 0 Å². The molecule has 1 spiro atoms. The topological polar surface area (TPSA) is 43.4 Å². The summed E-state index contributed by atoms with van der Waals surface area (Å²) in [6, 6.07) is 0. The first-order valence-corrected chi connectivity index (χ1v) is 16.0. The third-order valence-electron chi connectivity index (χ3n) is 12.3. The summed E-state index contributed by atoms with van der Waals surface area (Å²) in [5.74, 6) is 4.17. The Balaban J connectivity index is 1.37. The molecule has 0 bridgehead atoms. The summed E-state index contributed by atoms with van der Waals surface area (Å²) in [4.78, 5) is 0. The van der Waals surface area contributed by atoms with E-state index in [0.29, 0.717) is 41.1 Å². The van der Waals surface area contributed by atoms with Crippen LogP contribution >= 0.6 is 11.6 Å². The fourth-order valence-corrected chi connectivity index (χ4v) is 12.8. The van der Waals surface area contributed by atoms with E-state index in [0.717, 1.165) is 24.2 Å². The summed E-state index contributed by atoms with van der Waals surface area (Å²) in [5.41, 5.74) is 1.12. The Morgan fingerprint density at radius 3 is 2.39 bits per heavy atom. The molecule has 33 heavy (non-hydrogen) atoms. The van der Waals surface area contributed by atoms with Crippen molar-refractivity contribution < 1.29 is 13.2 Å². The van der Waals surface area contributed by atoms with E-state index in [9.17, 15) is 8.42 Å². The summed E-state index contributed by atoms with van der Waals surface area (Å²) >= 11 is 6.77. The number of hydrogen-bond acceptors (Lipinski definition) is 3. The molecule has 11 atom stereocenters. The first kappa shape index (κ1) is 24.9. The van der Waals surface area contributed by atoms with Gasteiger partial charge in [-0.2, -0.15) is 0 Å². The van der Waals surface area contributed by atoms with Gasteiger partial charge in [0.2, 0.25) is 0 Å². The van der Waals surface area contributed by atoms with Crippen LogP contribution in [0.4, 0.5) is 0 Å². The molecule has 190 valence electrons. The standard InChI is InChI=1S/C28H47ClO3S/c1-17(2)11-14-33(30,31)25(29)18(3)21-7-8-22-20-15-24(32-6)28-16-19(28)9-13-27(28,5)23(20)10-12-26(21,22)4/h17-25H,7-16H2,1-6H3/t18-,19-,20-,21+,22-,23-,24+,25?,26+,27+,28-/m0/s1. The number of methoxy groups -OCH3 is 1. The Morgan fingerprint density at radius 1 is 1.03 bits per heavy atom. The van der Waals surface area contributed by atoms with Gasteiger partial charge in [0.1, 0.15) is 4.71 Å². The molecule has 1 unspecified atom stereocenters. The van der Waals surface area contributed by atoms with Gasteiger partial charge in [-0.05, 0) is 110 Å². The van der Waals surface area contributed by atoms with Crippen molar-refractivity contribution in [2.45, 2.75) is 103 Å². The van der Waals surface area contributed by atoms with Gasteiger partial charge in [-0.1, -0.05) is 34.6 Å². The number of alkyl halides is 1. The zero-order valence-corrected chi connectivity index (χ0v) is 23.4. The molecule has 5 aliphatic carbocycles. The normalized spacial score (nSPS) is 50.3. The SMILES string of the molecule is CO[C@@H]1C[C@H]2[C@@H]3CC[C@H]([C@H](C)C(Cl)S(=O)(=O)CCC(C)C)[C@@]3(C)CC[C@@H]2[C@@]2(C)CC[C@H]3C[C@]312. The lowest BCUT2D eigenvalue weighted by Gasteiger charge is -2.61. The zero-order valence-electron chi connectivity index (χ0n) is 21.8. The lowest BCUT2D eigenvalue weighted by Crippen LogP contribution is -2.57. The van der Waals surface area contributed by atoms with Crippen molar-refractivity contribution in [3.63, 3.8) is 0 Å². The largest absolute Gasteiger partial charge is 0.381 e. The highest BCUT2D eigenvalue weighted by Gasteiger charge is 2.77. The highest BCUT2D eigenvalue weighted by Crippen LogP contribution is 2.82. The molecule has 0 aliphatic heterocycles. The summed E-state index contributed by atoms with van der Waals surface area (Å²) in [7, 11) is -1.32. The van der Waals surface area contributed by atoms with Crippen LogP contribution in [-0.4, -0.2) is 32.1 Å². The molecule has 0 N–H and O–H groups in total. The maximum absolute atomic E-state index is 13.1. The van der Waals surface area contributed by atoms with Gasteiger partial charge in [0.25, 0.3) is 0 Å². The maximum atomic E-state index is 13.1. The van der Waals surface area contributed by atoms with Crippen LogP contribution in [0, 0.1) is 57.7 Å². The van der Waals surface area contributed by atoms with Gasteiger partial charge in [-0.3, -0.25) is 0 Å². The fraction of sp³-hybridized carbons (Fsp3) is 1.00. The molecular formula is C28H47ClO3S. The van der Waals surface area contributed by atoms with Crippen molar-refractivity contribution in [1.29, 1.82) is 0 Å². The van der Waals surface area contributed by atoms with E-state index in [1.54, 1.807) is 0 Å². The smallest absolute Gasteiger partial charge is 0.167 e. The van der Waals surface area contributed by atoms with Crippen molar-refractivity contribution in [3.8, 4) is 0 Å². The van der Waals surface area contributed by atoms with Crippen molar-refractivity contribution in [2.75, 3.05) is 12.9 Å². The minimum absolute atomic E-state index is 0.0124.